The van der Waals surface area contributed by atoms with Crippen molar-refractivity contribution in [2.24, 2.45) is 0 Å². The number of halogens is 3. The average molecular weight is 506 g/mol. The Morgan fingerprint density at radius 1 is 0.939 bits per heavy atom. The zero-order valence-corrected chi connectivity index (χ0v) is 19.6. The highest BCUT2D eigenvalue weighted by Gasteiger charge is 2.22. The predicted octanol–water partition coefficient (Wildman–Crippen LogP) is 5.43. The Hall–Kier alpha value is -3.20. The maximum Gasteiger partial charge on any atom is 0.309 e. The van der Waals surface area contributed by atoms with Gasteiger partial charge in [0.25, 0.3) is 5.88 Å². The number of carbonyl (C=O) groups excluding carboxylic acids is 2. The largest absolute Gasteiger partial charge is 0.459 e. The molecule has 0 fully saturated rings. The molecular weight excluding hydrogens is 491 g/mol. The van der Waals surface area contributed by atoms with Crippen LogP contribution >= 0.6 is 34.8 Å². The first-order valence-electron chi connectivity index (χ1n) is 9.55. The first kappa shape index (κ1) is 23.0. The van der Waals surface area contributed by atoms with Gasteiger partial charge in [-0.2, -0.15) is 5.10 Å². The van der Waals surface area contributed by atoms with E-state index in [1.165, 1.54) is 30.7 Å². The third kappa shape index (κ3) is 4.93. The summed E-state index contributed by atoms with van der Waals surface area (Å²) in [6.45, 7) is 2.43. The van der Waals surface area contributed by atoms with E-state index in [1.54, 1.807) is 24.3 Å². The van der Waals surface area contributed by atoms with Crippen molar-refractivity contribution in [2.45, 2.75) is 20.5 Å². The van der Waals surface area contributed by atoms with Gasteiger partial charge in [0.05, 0.1) is 26.8 Å². The molecule has 8 nitrogen and oxygen atoms in total. The van der Waals surface area contributed by atoms with Crippen molar-refractivity contribution in [3.05, 3.63) is 63.2 Å². The Balaban J connectivity index is 1.94. The SMILES string of the molecule is CC(=O)OCc1cc(-c2nc3ccccc3nc2OC(C)=O)nn1-c1c(Cl)cc(Cl)cc1Cl. The van der Waals surface area contributed by atoms with E-state index in [4.69, 9.17) is 44.3 Å². The molecule has 0 N–H and O–H groups in total. The standard InChI is InChI=1S/C22H15Cl3N4O4/c1-11(30)32-10-14-9-19(28-29(14)21-15(24)7-13(23)8-16(21)25)20-22(33-12(2)31)27-18-6-4-3-5-17(18)26-20/h3-9H,10H2,1-2H3. The molecule has 2 aromatic carbocycles. The number of nitrogens with zero attached hydrogens (tertiary/aromatic N) is 4. The van der Waals surface area contributed by atoms with Gasteiger partial charge in [-0.15, -0.1) is 0 Å². The highest BCUT2D eigenvalue weighted by atomic mass is 35.5. The molecule has 0 saturated heterocycles. The van der Waals surface area contributed by atoms with E-state index in [0.717, 1.165) is 0 Å². The van der Waals surface area contributed by atoms with Gasteiger partial charge in [0.1, 0.15) is 18.0 Å². The molecule has 2 aromatic heterocycles. The molecule has 0 aliphatic carbocycles. The highest BCUT2D eigenvalue weighted by Crippen LogP contribution is 2.35. The minimum Gasteiger partial charge on any atom is -0.459 e. The van der Waals surface area contributed by atoms with Crippen molar-refractivity contribution >= 4 is 57.8 Å². The van der Waals surface area contributed by atoms with Crippen LogP contribution in [0.15, 0.2) is 42.5 Å². The van der Waals surface area contributed by atoms with Crippen LogP contribution in [0.1, 0.15) is 19.5 Å². The normalized spacial score (nSPS) is 10.9. The first-order chi connectivity index (χ1) is 15.7. The fourth-order valence-corrected chi connectivity index (χ4v) is 4.08. The minimum absolute atomic E-state index is 0.0156. The van der Waals surface area contributed by atoms with Crippen molar-refractivity contribution in [3.8, 4) is 23.0 Å². The molecule has 168 valence electrons. The molecule has 0 amide bonds. The second-order valence-corrected chi connectivity index (χ2v) is 8.14. The number of aromatic nitrogens is 4. The number of rotatable bonds is 5. The van der Waals surface area contributed by atoms with E-state index in [-0.39, 0.29) is 28.2 Å². The number of hydrogen-bond donors (Lipinski definition) is 0. The van der Waals surface area contributed by atoms with Gasteiger partial charge in [-0.1, -0.05) is 46.9 Å². The molecule has 0 atom stereocenters. The Kier molecular flexibility index (Phi) is 6.51. The molecule has 0 aliphatic rings. The summed E-state index contributed by atoms with van der Waals surface area (Å²) < 4.78 is 11.9. The quantitative estimate of drug-likeness (QED) is 0.334. The predicted molar refractivity (Wildman–Crippen MR) is 124 cm³/mol. The summed E-state index contributed by atoms with van der Waals surface area (Å²) in [5.41, 5.74) is 2.40. The van der Waals surface area contributed by atoms with Crippen LogP contribution in [0.3, 0.4) is 0 Å². The summed E-state index contributed by atoms with van der Waals surface area (Å²) in [6, 6.07) is 11.8. The van der Waals surface area contributed by atoms with Crippen LogP contribution in [0.2, 0.25) is 15.1 Å². The zero-order valence-electron chi connectivity index (χ0n) is 17.3. The molecule has 0 aliphatic heterocycles. The fourth-order valence-electron chi connectivity index (χ4n) is 3.10. The molecule has 33 heavy (non-hydrogen) atoms. The van der Waals surface area contributed by atoms with Crippen LogP contribution in [0.25, 0.3) is 28.1 Å². The molecule has 0 unspecified atom stereocenters. The van der Waals surface area contributed by atoms with Crippen LogP contribution < -0.4 is 4.74 Å². The monoisotopic (exact) mass is 504 g/mol. The number of ether oxygens (including phenoxy) is 2. The van der Waals surface area contributed by atoms with Crippen LogP contribution in [-0.2, 0) is 20.9 Å². The molecule has 11 heteroatoms. The summed E-state index contributed by atoms with van der Waals surface area (Å²) in [5.74, 6) is -1.06. The Labute approximate surface area is 203 Å². The average Bonchev–Trinajstić information content (AvgIpc) is 3.14. The number of hydrogen-bond acceptors (Lipinski definition) is 7. The molecule has 4 rings (SSSR count). The highest BCUT2D eigenvalue weighted by molar-refractivity contribution is 6.40. The summed E-state index contributed by atoms with van der Waals surface area (Å²) in [7, 11) is 0. The minimum atomic E-state index is -0.566. The lowest BCUT2D eigenvalue weighted by molar-refractivity contribution is -0.142. The lowest BCUT2D eigenvalue weighted by Gasteiger charge is -2.11. The topological polar surface area (TPSA) is 96.2 Å². The van der Waals surface area contributed by atoms with Crippen LogP contribution in [-0.4, -0.2) is 31.7 Å². The van der Waals surface area contributed by atoms with Gasteiger partial charge in [0, 0.05) is 18.9 Å². The molecule has 0 spiro atoms. The smallest absolute Gasteiger partial charge is 0.309 e. The maximum absolute atomic E-state index is 11.7. The number of esters is 2. The summed E-state index contributed by atoms with van der Waals surface area (Å²) in [5, 5.41) is 5.39. The molecule has 2 heterocycles. The van der Waals surface area contributed by atoms with E-state index >= 15 is 0 Å². The molecule has 0 radical (unpaired) electrons. The summed E-state index contributed by atoms with van der Waals surface area (Å²) in [6.07, 6.45) is 0. The number of carbonyl (C=O) groups is 2. The van der Waals surface area contributed by atoms with E-state index in [2.05, 4.69) is 15.1 Å². The Bertz CT molecular complexity index is 1380. The summed E-state index contributed by atoms with van der Waals surface area (Å²) in [4.78, 5) is 32.2. The Morgan fingerprint density at radius 3 is 2.18 bits per heavy atom. The van der Waals surface area contributed by atoms with Crippen molar-refractivity contribution in [2.75, 3.05) is 0 Å². The van der Waals surface area contributed by atoms with E-state index in [1.807, 2.05) is 6.07 Å². The van der Waals surface area contributed by atoms with Crippen molar-refractivity contribution in [3.63, 3.8) is 0 Å². The van der Waals surface area contributed by atoms with Gasteiger partial charge in [0.15, 0.2) is 5.69 Å². The number of para-hydroxylation sites is 2. The van der Waals surface area contributed by atoms with E-state index in [9.17, 15) is 9.59 Å². The third-order valence-corrected chi connectivity index (χ3v) is 5.22. The molecule has 4 aromatic rings. The van der Waals surface area contributed by atoms with Gasteiger partial charge in [-0.3, -0.25) is 9.59 Å². The molecule has 0 saturated carbocycles. The van der Waals surface area contributed by atoms with Gasteiger partial charge in [-0.05, 0) is 30.3 Å². The number of benzene rings is 2. The number of fused-ring (bicyclic) bond motifs is 1. The fraction of sp³-hybridized carbons (Fsp3) is 0.136. The van der Waals surface area contributed by atoms with Crippen molar-refractivity contribution in [1.29, 1.82) is 0 Å². The van der Waals surface area contributed by atoms with Gasteiger partial charge < -0.3 is 9.47 Å². The van der Waals surface area contributed by atoms with Gasteiger partial charge >= 0.3 is 11.9 Å². The second kappa shape index (κ2) is 9.35. The first-order valence-corrected chi connectivity index (χ1v) is 10.7. The lowest BCUT2D eigenvalue weighted by atomic mass is 10.2. The molecule has 0 bridgehead atoms. The van der Waals surface area contributed by atoms with Crippen LogP contribution in [0, 0.1) is 0 Å². The van der Waals surface area contributed by atoms with Crippen molar-refractivity contribution in [1.82, 2.24) is 19.7 Å². The van der Waals surface area contributed by atoms with Crippen LogP contribution in [0.4, 0.5) is 0 Å². The van der Waals surface area contributed by atoms with Crippen molar-refractivity contribution < 1.29 is 19.1 Å². The van der Waals surface area contributed by atoms with Gasteiger partial charge in [0.2, 0.25) is 0 Å². The zero-order chi connectivity index (χ0) is 23.7. The second-order valence-electron chi connectivity index (χ2n) is 6.89. The van der Waals surface area contributed by atoms with Crippen LogP contribution in [0.5, 0.6) is 5.88 Å². The third-order valence-electron chi connectivity index (χ3n) is 4.42. The lowest BCUT2D eigenvalue weighted by Crippen LogP contribution is -2.08. The van der Waals surface area contributed by atoms with Gasteiger partial charge in [-0.25, -0.2) is 14.6 Å². The molecular formula is C22H15Cl3N4O4. The van der Waals surface area contributed by atoms with E-state index in [0.29, 0.717) is 33.1 Å². The summed E-state index contributed by atoms with van der Waals surface area (Å²) >= 11 is 18.8. The van der Waals surface area contributed by atoms with E-state index < -0.39 is 11.9 Å². The maximum atomic E-state index is 11.7. The Morgan fingerprint density at radius 2 is 1.58 bits per heavy atom.